The summed E-state index contributed by atoms with van der Waals surface area (Å²) >= 11 is 1.98. The molecule has 0 atom stereocenters. The molecule has 0 fully saturated rings. The van der Waals surface area contributed by atoms with Crippen LogP contribution in [-0.4, -0.2) is 0 Å². The lowest BCUT2D eigenvalue weighted by Gasteiger charge is -2.13. The first-order valence-corrected chi connectivity index (χ1v) is 7.02. The van der Waals surface area contributed by atoms with E-state index in [9.17, 15) is 0 Å². The maximum atomic E-state index is 2.45. The Labute approximate surface area is 103 Å². The molecule has 1 aromatic heterocycles. The average molecular weight is 232 g/mol. The molecule has 0 radical (unpaired) electrons. The van der Waals surface area contributed by atoms with Crippen molar-refractivity contribution < 1.29 is 0 Å². The summed E-state index contributed by atoms with van der Waals surface area (Å²) in [5, 5.41) is 0. The van der Waals surface area contributed by atoms with E-state index in [1.807, 2.05) is 11.3 Å². The minimum absolute atomic E-state index is 1.25. The lowest BCUT2D eigenvalue weighted by Crippen LogP contribution is -1.96. The number of thiophene rings is 1. The van der Waals surface area contributed by atoms with E-state index < -0.39 is 0 Å². The molecule has 0 bridgehead atoms. The molecule has 1 aliphatic carbocycles. The summed E-state index contributed by atoms with van der Waals surface area (Å²) in [6.45, 7) is 6.61. The summed E-state index contributed by atoms with van der Waals surface area (Å²) in [6, 6.07) is 0. The first-order valence-electron chi connectivity index (χ1n) is 6.20. The van der Waals surface area contributed by atoms with Gasteiger partial charge in [-0.1, -0.05) is 37.1 Å². The van der Waals surface area contributed by atoms with E-state index in [0.29, 0.717) is 0 Å². The van der Waals surface area contributed by atoms with Crippen molar-refractivity contribution in [1.29, 1.82) is 0 Å². The Hall–Kier alpha value is -0.820. The van der Waals surface area contributed by atoms with Gasteiger partial charge in [0.2, 0.25) is 0 Å². The first-order chi connectivity index (χ1) is 7.76. The molecule has 2 rings (SSSR count). The number of rotatable bonds is 3. The Morgan fingerprint density at radius 1 is 1.38 bits per heavy atom. The molecule has 0 N–H and O–H groups in total. The van der Waals surface area contributed by atoms with Crippen LogP contribution in [0.1, 0.15) is 54.0 Å². The van der Waals surface area contributed by atoms with E-state index >= 15 is 0 Å². The van der Waals surface area contributed by atoms with Gasteiger partial charge in [0.05, 0.1) is 0 Å². The van der Waals surface area contributed by atoms with Crippen molar-refractivity contribution in [2.75, 3.05) is 0 Å². The second-order valence-electron chi connectivity index (χ2n) is 4.46. The van der Waals surface area contributed by atoms with Gasteiger partial charge in [-0.15, -0.1) is 11.3 Å². The van der Waals surface area contributed by atoms with E-state index in [-0.39, 0.29) is 0 Å². The molecule has 1 aliphatic rings. The topological polar surface area (TPSA) is 0 Å². The molecular weight excluding hydrogens is 212 g/mol. The predicted molar refractivity (Wildman–Crippen MR) is 75.0 cm³/mol. The third-order valence-electron chi connectivity index (χ3n) is 3.17. The molecule has 0 aromatic carbocycles. The largest absolute Gasteiger partial charge is 0.144 e. The van der Waals surface area contributed by atoms with Crippen LogP contribution in [0.5, 0.6) is 0 Å². The highest BCUT2D eigenvalue weighted by molar-refractivity contribution is 7.12. The van der Waals surface area contributed by atoms with Crippen molar-refractivity contribution in [3.05, 3.63) is 32.5 Å². The molecule has 1 aromatic rings. The van der Waals surface area contributed by atoms with Crippen LogP contribution in [0.2, 0.25) is 0 Å². The zero-order valence-electron chi connectivity index (χ0n) is 10.5. The van der Waals surface area contributed by atoms with Gasteiger partial charge in [0.25, 0.3) is 0 Å². The van der Waals surface area contributed by atoms with Crippen LogP contribution < -0.4 is 0 Å². The van der Waals surface area contributed by atoms with Gasteiger partial charge in [-0.3, -0.25) is 0 Å². The van der Waals surface area contributed by atoms with Gasteiger partial charge in [0, 0.05) is 9.75 Å². The second kappa shape index (κ2) is 5.01. The van der Waals surface area contributed by atoms with Crippen molar-refractivity contribution in [2.45, 2.75) is 46.5 Å². The SMILES string of the molecule is C/C=C\c1c(C)sc2c1C=C(CCC)CC2. The van der Waals surface area contributed by atoms with Crippen molar-refractivity contribution in [2.24, 2.45) is 0 Å². The van der Waals surface area contributed by atoms with Gasteiger partial charge in [0.15, 0.2) is 0 Å². The molecule has 0 saturated carbocycles. The summed E-state index contributed by atoms with van der Waals surface area (Å²) in [6.07, 6.45) is 11.9. The molecule has 0 aliphatic heterocycles. The van der Waals surface area contributed by atoms with Gasteiger partial charge < -0.3 is 0 Å². The standard InChI is InChI=1S/C15H20S/c1-4-6-12-8-9-15-14(10-12)13(7-5-2)11(3)16-15/h5,7,10H,4,6,8-9H2,1-3H3/b7-5-. The van der Waals surface area contributed by atoms with E-state index in [0.717, 1.165) is 0 Å². The Bertz CT molecular complexity index is 433. The van der Waals surface area contributed by atoms with Crippen molar-refractivity contribution in [1.82, 2.24) is 0 Å². The zero-order chi connectivity index (χ0) is 11.5. The fourth-order valence-corrected chi connectivity index (χ4v) is 3.56. The lowest BCUT2D eigenvalue weighted by atomic mass is 9.93. The van der Waals surface area contributed by atoms with Gasteiger partial charge in [0.1, 0.15) is 0 Å². The van der Waals surface area contributed by atoms with Crippen molar-refractivity contribution >= 4 is 23.5 Å². The number of aryl methyl sites for hydroxylation is 2. The number of hydrogen-bond acceptors (Lipinski definition) is 1. The number of hydrogen-bond donors (Lipinski definition) is 0. The first kappa shape index (κ1) is 11.7. The monoisotopic (exact) mass is 232 g/mol. The van der Waals surface area contributed by atoms with Crippen LogP contribution >= 0.6 is 11.3 Å². The molecule has 16 heavy (non-hydrogen) atoms. The molecule has 0 saturated heterocycles. The second-order valence-corrected chi connectivity index (χ2v) is 5.77. The van der Waals surface area contributed by atoms with Crippen LogP contribution in [0, 0.1) is 6.92 Å². The van der Waals surface area contributed by atoms with E-state index in [1.165, 1.54) is 41.7 Å². The molecule has 1 heterocycles. The van der Waals surface area contributed by atoms with Crippen LogP contribution in [0.25, 0.3) is 12.2 Å². The van der Waals surface area contributed by atoms with Crippen molar-refractivity contribution in [3.63, 3.8) is 0 Å². The maximum Gasteiger partial charge on any atom is 0.0130 e. The molecule has 86 valence electrons. The van der Waals surface area contributed by atoms with E-state index in [4.69, 9.17) is 0 Å². The highest BCUT2D eigenvalue weighted by Crippen LogP contribution is 2.36. The van der Waals surface area contributed by atoms with E-state index in [2.05, 4.69) is 39.0 Å². The normalized spacial score (nSPS) is 15.3. The maximum absolute atomic E-state index is 2.45. The van der Waals surface area contributed by atoms with Crippen LogP contribution in [-0.2, 0) is 6.42 Å². The summed E-state index contributed by atoms with van der Waals surface area (Å²) < 4.78 is 0. The van der Waals surface area contributed by atoms with Gasteiger partial charge >= 0.3 is 0 Å². The Morgan fingerprint density at radius 2 is 2.19 bits per heavy atom. The van der Waals surface area contributed by atoms with Crippen LogP contribution in [0.3, 0.4) is 0 Å². The lowest BCUT2D eigenvalue weighted by molar-refractivity contribution is 0.821. The molecule has 0 nitrogen and oxygen atoms in total. The zero-order valence-corrected chi connectivity index (χ0v) is 11.3. The van der Waals surface area contributed by atoms with Gasteiger partial charge in [-0.25, -0.2) is 0 Å². The number of allylic oxidation sites excluding steroid dienone is 2. The Balaban J connectivity index is 2.42. The Kier molecular flexibility index (Phi) is 3.65. The summed E-state index contributed by atoms with van der Waals surface area (Å²) in [5.41, 5.74) is 4.60. The highest BCUT2D eigenvalue weighted by atomic mass is 32.1. The fraction of sp³-hybridized carbons (Fsp3) is 0.467. The quantitative estimate of drug-likeness (QED) is 0.670. The fourth-order valence-electron chi connectivity index (χ4n) is 2.42. The number of fused-ring (bicyclic) bond motifs is 1. The van der Waals surface area contributed by atoms with Crippen molar-refractivity contribution in [3.8, 4) is 0 Å². The van der Waals surface area contributed by atoms with Gasteiger partial charge in [-0.05, 0) is 44.2 Å². The molecule has 0 spiro atoms. The summed E-state index contributed by atoms with van der Waals surface area (Å²) in [7, 11) is 0. The average Bonchev–Trinajstić information content (AvgIpc) is 2.57. The summed E-state index contributed by atoms with van der Waals surface area (Å²) in [5.74, 6) is 0. The Morgan fingerprint density at radius 3 is 2.88 bits per heavy atom. The van der Waals surface area contributed by atoms with Crippen LogP contribution in [0.15, 0.2) is 11.6 Å². The minimum atomic E-state index is 1.25. The third kappa shape index (κ3) is 2.15. The molecule has 0 amide bonds. The molecule has 1 heteroatoms. The van der Waals surface area contributed by atoms with Gasteiger partial charge in [-0.2, -0.15) is 0 Å². The third-order valence-corrected chi connectivity index (χ3v) is 4.37. The van der Waals surface area contributed by atoms with E-state index in [1.54, 1.807) is 10.5 Å². The summed E-state index contributed by atoms with van der Waals surface area (Å²) in [4.78, 5) is 3.06. The highest BCUT2D eigenvalue weighted by Gasteiger charge is 2.16. The predicted octanol–water partition coefficient (Wildman–Crippen LogP) is 5.22. The smallest absolute Gasteiger partial charge is 0.0130 e. The van der Waals surface area contributed by atoms with Crippen LogP contribution in [0.4, 0.5) is 0 Å². The molecule has 0 unspecified atom stereocenters. The minimum Gasteiger partial charge on any atom is -0.144 e. The molecular formula is C15H20S.